The maximum absolute atomic E-state index is 11.5. The van der Waals surface area contributed by atoms with Crippen LogP contribution in [0.15, 0.2) is 60.7 Å². The van der Waals surface area contributed by atoms with Gasteiger partial charge in [-0.3, -0.25) is 0 Å². The van der Waals surface area contributed by atoms with Crippen molar-refractivity contribution in [1.29, 1.82) is 0 Å². The standard InChI is InChI=1S/C24H24N4O2/c1-2-3-8-22-26-20-13-14-21(25)27-23(20)28(22)15-16-9-11-17(12-10-16)18-6-4-5-7-19(18)24(29)30/h4-7,9-14H,2-3,8,15H2,1H3,(H2,25,27)(H,29,30). The summed E-state index contributed by atoms with van der Waals surface area (Å²) < 4.78 is 2.13. The van der Waals surface area contributed by atoms with E-state index in [1.807, 2.05) is 42.5 Å². The van der Waals surface area contributed by atoms with Crippen molar-refractivity contribution in [1.82, 2.24) is 14.5 Å². The van der Waals surface area contributed by atoms with E-state index in [0.29, 0.717) is 23.5 Å². The highest BCUT2D eigenvalue weighted by Crippen LogP contribution is 2.25. The van der Waals surface area contributed by atoms with E-state index in [4.69, 9.17) is 10.7 Å². The van der Waals surface area contributed by atoms with Gasteiger partial charge >= 0.3 is 5.97 Å². The van der Waals surface area contributed by atoms with Crippen LogP contribution >= 0.6 is 0 Å². The van der Waals surface area contributed by atoms with E-state index in [0.717, 1.165) is 47.4 Å². The van der Waals surface area contributed by atoms with Gasteiger partial charge in [-0.25, -0.2) is 14.8 Å². The van der Waals surface area contributed by atoms with Crippen molar-refractivity contribution in [3.05, 3.63) is 77.6 Å². The van der Waals surface area contributed by atoms with Gasteiger partial charge in [-0.2, -0.15) is 0 Å². The Bertz CT molecular complexity index is 1200. The molecule has 0 spiro atoms. The first-order valence-electron chi connectivity index (χ1n) is 10.1. The molecule has 3 N–H and O–H groups in total. The van der Waals surface area contributed by atoms with Crippen molar-refractivity contribution in [3.8, 4) is 11.1 Å². The van der Waals surface area contributed by atoms with Crippen LogP contribution in [0.3, 0.4) is 0 Å². The Hall–Kier alpha value is -3.67. The van der Waals surface area contributed by atoms with E-state index < -0.39 is 5.97 Å². The highest BCUT2D eigenvalue weighted by molar-refractivity contribution is 5.96. The molecule has 0 fully saturated rings. The number of nitrogens with zero attached hydrogens (tertiary/aromatic N) is 3. The molecule has 6 nitrogen and oxygen atoms in total. The number of carboxylic acid groups (broad SMARTS) is 1. The van der Waals surface area contributed by atoms with Gasteiger partial charge in [-0.1, -0.05) is 55.8 Å². The molecule has 0 atom stereocenters. The average Bonchev–Trinajstić information content (AvgIpc) is 3.09. The van der Waals surface area contributed by atoms with E-state index in [-0.39, 0.29) is 0 Å². The summed E-state index contributed by atoms with van der Waals surface area (Å²) in [6.07, 6.45) is 3.04. The minimum absolute atomic E-state index is 0.299. The zero-order valence-electron chi connectivity index (χ0n) is 16.9. The second-order valence-corrected chi connectivity index (χ2v) is 7.34. The van der Waals surface area contributed by atoms with Crippen LogP contribution < -0.4 is 5.73 Å². The Morgan fingerprint density at radius 3 is 2.53 bits per heavy atom. The molecule has 0 aliphatic rings. The van der Waals surface area contributed by atoms with E-state index in [1.165, 1.54) is 0 Å². The smallest absolute Gasteiger partial charge is 0.336 e. The molecule has 0 radical (unpaired) electrons. The Balaban J connectivity index is 1.68. The predicted octanol–water partition coefficient (Wildman–Crippen LogP) is 4.77. The van der Waals surface area contributed by atoms with Gasteiger partial charge in [0.1, 0.15) is 17.2 Å². The quantitative estimate of drug-likeness (QED) is 0.466. The van der Waals surface area contributed by atoms with Crippen LogP contribution in [-0.2, 0) is 13.0 Å². The second-order valence-electron chi connectivity index (χ2n) is 7.34. The molecule has 0 amide bonds. The number of aryl methyl sites for hydroxylation is 1. The van der Waals surface area contributed by atoms with Gasteiger partial charge in [0, 0.05) is 6.42 Å². The van der Waals surface area contributed by atoms with Crippen LogP contribution in [0.4, 0.5) is 5.82 Å². The Morgan fingerprint density at radius 1 is 1.03 bits per heavy atom. The molecule has 2 aromatic heterocycles. The number of carbonyl (C=O) groups is 1. The monoisotopic (exact) mass is 400 g/mol. The third kappa shape index (κ3) is 3.89. The first-order chi connectivity index (χ1) is 14.6. The van der Waals surface area contributed by atoms with E-state index in [9.17, 15) is 9.90 Å². The number of aromatic nitrogens is 3. The Morgan fingerprint density at radius 2 is 1.80 bits per heavy atom. The number of hydrogen-bond acceptors (Lipinski definition) is 4. The summed E-state index contributed by atoms with van der Waals surface area (Å²) in [7, 11) is 0. The summed E-state index contributed by atoms with van der Waals surface area (Å²) in [5, 5.41) is 9.45. The SMILES string of the molecule is CCCCc1nc2ccc(N)nc2n1Cc1ccc(-c2ccccc2C(=O)O)cc1. The normalized spacial score (nSPS) is 11.1. The van der Waals surface area contributed by atoms with Crippen LogP contribution in [0.25, 0.3) is 22.3 Å². The van der Waals surface area contributed by atoms with E-state index >= 15 is 0 Å². The number of anilines is 1. The van der Waals surface area contributed by atoms with Gasteiger partial charge in [-0.05, 0) is 41.3 Å². The lowest BCUT2D eigenvalue weighted by Gasteiger charge is -2.11. The van der Waals surface area contributed by atoms with Gasteiger partial charge in [0.05, 0.1) is 12.1 Å². The van der Waals surface area contributed by atoms with Crippen molar-refractivity contribution < 1.29 is 9.90 Å². The second kappa shape index (κ2) is 8.37. The first kappa shape index (κ1) is 19.6. The minimum Gasteiger partial charge on any atom is -0.478 e. The summed E-state index contributed by atoms with van der Waals surface area (Å²) in [6, 6.07) is 18.7. The predicted molar refractivity (Wildman–Crippen MR) is 118 cm³/mol. The molecule has 0 aliphatic heterocycles. The molecule has 6 heteroatoms. The molecular formula is C24H24N4O2. The van der Waals surface area contributed by atoms with Crippen molar-refractivity contribution in [2.45, 2.75) is 32.7 Å². The number of aromatic carboxylic acids is 1. The van der Waals surface area contributed by atoms with Crippen molar-refractivity contribution >= 4 is 23.0 Å². The van der Waals surface area contributed by atoms with Crippen molar-refractivity contribution in [2.75, 3.05) is 5.73 Å². The highest BCUT2D eigenvalue weighted by atomic mass is 16.4. The van der Waals surface area contributed by atoms with Gasteiger partial charge in [0.2, 0.25) is 0 Å². The van der Waals surface area contributed by atoms with Gasteiger partial charge in [0.25, 0.3) is 0 Å². The van der Waals surface area contributed by atoms with Gasteiger partial charge in [-0.15, -0.1) is 0 Å². The summed E-state index contributed by atoms with van der Waals surface area (Å²) in [4.78, 5) is 20.8. The van der Waals surface area contributed by atoms with Crippen LogP contribution in [0.1, 0.15) is 41.5 Å². The molecule has 152 valence electrons. The third-order valence-corrected chi connectivity index (χ3v) is 5.21. The fourth-order valence-electron chi connectivity index (χ4n) is 3.65. The number of imidazole rings is 1. The summed E-state index contributed by atoms with van der Waals surface area (Å²) >= 11 is 0. The number of carboxylic acids is 1. The Labute approximate surface area is 175 Å². The molecule has 30 heavy (non-hydrogen) atoms. The van der Waals surface area contributed by atoms with Crippen LogP contribution in [0.5, 0.6) is 0 Å². The topological polar surface area (TPSA) is 94.0 Å². The molecule has 0 aliphatic carbocycles. The molecular weight excluding hydrogens is 376 g/mol. The zero-order chi connectivity index (χ0) is 21.1. The third-order valence-electron chi connectivity index (χ3n) is 5.21. The highest BCUT2D eigenvalue weighted by Gasteiger charge is 2.14. The molecule has 0 unspecified atom stereocenters. The minimum atomic E-state index is -0.927. The van der Waals surface area contributed by atoms with E-state index in [1.54, 1.807) is 18.2 Å². The summed E-state index contributed by atoms with van der Waals surface area (Å²) in [5.41, 5.74) is 10.5. The first-order valence-corrected chi connectivity index (χ1v) is 10.1. The zero-order valence-corrected chi connectivity index (χ0v) is 16.9. The van der Waals surface area contributed by atoms with Crippen LogP contribution in [0.2, 0.25) is 0 Å². The van der Waals surface area contributed by atoms with Crippen LogP contribution in [-0.4, -0.2) is 25.6 Å². The van der Waals surface area contributed by atoms with Gasteiger partial charge < -0.3 is 15.4 Å². The van der Waals surface area contributed by atoms with Crippen molar-refractivity contribution in [2.24, 2.45) is 0 Å². The number of benzene rings is 2. The molecule has 0 bridgehead atoms. The number of fused-ring (bicyclic) bond motifs is 1. The number of unbranched alkanes of at least 4 members (excludes halogenated alkanes) is 1. The molecule has 2 heterocycles. The summed E-state index contributed by atoms with van der Waals surface area (Å²) in [5.74, 6) is 0.556. The molecule has 0 saturated carbocycles. The fraction of sp³-hybridized carbons (Fsp3) is 0.208. The molecule has 4 aromatic rings. The van der Waals surface area contributed by atoms with Crippen LogP contribution in [0, 0.1) is 0 Å². The lowest BCUT2D eigenvalue weighted by Crippen LogP contribution is -2.07. The number of rotatable bonds is 7. The molecule has 4 rings (SSSR count). The fourth-order valence-corrected chi connectivity index (χ4v) is 3.65. The maximum atomic E-state index is 11.5. The Kier molecular flexibility index (Phi) is 5.48. The number of nitrogens with two attached hydrogens (primary N) is 1. The lowest BCUT2D eigenvalue weighted by atomic mass is 9.99. The molecule has 0 saturated heterocycles. The number of hydrogen-bond donors (Lipinski definition) is 2. The summed E-state index contributed by atoms with van der Waals surface area (Å²) in [6.45, 7) is 2.80. The maximum Gasteiger partial charge on any atom is 0.336 e. The van der Waals surface area contributed by atoms with Crippen molar-refractivity contribution in [3.63, 3.8) is 0 Å². The number of nitrogen functional groups attached to an aromatic ring is 1. The lowest BCUT2D eigenvalue weighted by molar-refractivity contribution is 0.0697. The van der Waals surface area contributed by atoms with E-state index in [2.05, 4.69) is 16.5 Å². The number of pyridine rings is 1. The largest absolute Gasteiger partial charge is 0.478 e. The van der Waals surface area contributed by atoms with Gasteiger partial charge in [0.15, 0.2) is 5.65 Å². The average molecular weight is 400 g/mol. The molecule has 2 aromatic carbocycles.